The second-order valence-corrected chi connectivity index (χ2v) is 11.0. The molecule has 0 atom stereocenters. The lowest BCUT2D eigenvalue weighted by molar-refractivity contribution is 0.669. The second kappa shape index (κ2) is 10.2. The van der Waals surface area contributed by atoms with E-state index < -0.39 is 0 Å². The molecule has 4 heteroatoms. The molecule has 0 aliphatic carbocycles. The quantitative estimate of drug-likeness (QED) is 0.208. The molecule has 4 nitrogen and oxygen atoms in total. The Hall–Kier alpha value is -6.13. The number of rotatable bonds is 4. The number of furan rings is 1. The Morgan fingerprint density at radius 3 is 1.84 bits per heavy atom. The predicted octanol–water partition coefficient (Wildman–Crippen LogP) is 10.7. The summed E-state index contributed by atoms with van der Waals surface area (Å²) in [6.45, 7) is 0. The minimum absolute atomic E-state index is 0.117. The van der Waals surface area contributed by atoms with Crippen LogP contribution in [0.4, 0.5) is 0 Å². The summed E-state index contributed by atoms with van der Waals surface area (Å²) < 4.78 is 31.9. The van der Waals surface area contributed by atoms with Crippen LogP contribution in [0.3, 0.4) is 0 Å². The van der Waals surface area contributed by atoms with E-state index in [2.05, 4.69) is 66.7 Å². The molecule has 0 saturated heterocycles. The Morgan fingerprint density at radius 1 is 0.444 bits per heavy atom. The first kappa shape index (κ1) is 22.4. The molecule has 0 radical (unpaired) electrons. The fourth-order valence-electron chi connectivity index (χ4n) is 6.03. The number of para-hydroxylation sites is 1. The fourth-order valence-corrected chi connectivity index (χ4v) is 6.03. The highest BCUT2D eigenvalue weighted by Gasteiger charge is 2.18. The first-order valence-corrected chi connectivity index (χ1v) is 14.8. The average molecular weight is 579 g/mol. The number of nitrogens with zero attached hydrogens (tertiary/aromatic N) is 3. The van der Waals surface area contributed by atoms with Crippen LogP contribution in [-0.2, 0) is 0 Å². The molecule has 0 aliphatic rings. The summed E-state index contributed by atoms with van der Waals surface area (Å²) in [5.74, 6) is 1.28. The standard InChI is InChI=1S/C41H25N3O/c1-2-9-26(10-3-1)29-18-19-31-25-33(22-20-30(31)23-29)40-42-39(32-21-17-27-11-4-5-12-28(27)24-32)43-41(44-40)35-14-8-16-37-38(35)34-13-6-7-15-36(34)45-37/h1-25H/i6D,14D,15D. The zero-order valence-corrected chi connectivity index (χ0v) is 24.0. The van der Waals surface area contributed by atoms with E-state index in [1.165, 1.54) is 6.07 Å². The Labute approximate surface area is 263 Å². The van der Waals surface area contributed by atoms with Gasteiger partial charge in [0.25, 0.3) is 0 Å². The fraction of sp³-hybridized carbons (Fsp3) is 0. The topological polar surface area (TPSA) is 51.8 Å². The predicted molar refractivity (Wildman–Crippen MR) is 184 cm³/mol. The number of benzene rings is 7. The molecule has 0 unspecified atom stereocenters. The van der Waals surface area contributed by atoms with Gasteiger partial charge in [-0.3, -0.25) is 0 Å². The highest BCUT2D eigenvalue weighted by molar-refractivity contribution is 6.11. The largest absolute Gasteiger partial charge is 0.456 e. The summed E-state index contributed by atoms with van der Waals surface area (Å²) in [6, 6.07) is 44.2. The van der Waals surface area contributed by atoms with Crippen molar-refractivity contribution in [3.05, 3.63) is 152 Å². The maximum Gasteiger partial charge on any atom is 0.164 e. The van der Waals surface area contributed by atoms with Gasteiger partial charge < -0.3 is 4.42 Å². The van der Waals surface area contributed by atoms with Gasteiger partial charge in [0.05, 0.1) is 4.11 Å². The first-order chi connectivity index (χ1) is 23.5. The van der Waals surface area contributed by atoms with E-state index in [0.717, 1.165) is 43.8 Å². The van der Waals surface area contributed by atoms with E-state index in [1.807, 2.05) is 42.5 Å². The van der Waals surface area contributed by atoms with Crippen molar-refractivity contribution in [3.8, 4) is 45.3 Å². The molecule has 9 rings (SSSR count). The number of hydrogen-bond donors (Lipinski definition) is 0. The highest BCUT2D eigenvalue weighted by atomic mass is 16.3. The number of aromatic nitrogens is 3. The Morgan fingerprint density at radius 2 is 1.07 bits per heavy atom. The van der Waals surface area contributed by atoms with Gasteiger partial charge in [-0.05, 0) is 63.0 Å². The third kappa shape index (κ3) is 4.43. The van der Waals surface area contributed by atoms with Crippen molar-refractivity contribution in [2.24, 2.45) is 0 Å². The van der Waals surface area contributed by atoms with Gasteiger partial charge >= 0.3 is 0 Å². The van der Waals surface area contributed by atoms with Gasteiger partial charge in [0, 0.05) is 27.5 Å². The molecule has 0 amide bonds. The molecule has 9 aromatic rings. The van der Waals surface area contributed by atoms with Crippen LogP contribution in [0.5, 0.6) is 0 Å². The van der Waals surface area contributed by atoms with Gasteiger partial charge in [0.2, 0.25) is 0 Å². The zero-order chi connectivity index (χ0) is 32.4. The molecule has 0 fully saturated rings. The van der Waals surface area contributed by atoms with Gasteiger partial charge in [-0.2, -0.15) is 0 Å². The highest BCUT2D eigenvalue weighted by Crippen LogP contribution is 2.37. The summed E-state index contributed by atoms with van der Waals surface area (Å²) in [5, 5.41) is 5.52. The molecular formula is C41H25N3O. The molecule has 0 bridgehead atoms. The van der Waals surface area contributed by atoms with E-state index in [4.69, 9.17) is 23.5 Å². The van der Waals surface area contributed by atoms with Gasteiger partial charge in [-0.1, -0.05) is 121 Å². The lowest BCUT2D eigenvalue weighted by Crippen LogP contribution is -2.00. The van der Waals surface area contributed by atoms with Crippen molar-refractivity contribution < 1.29 is 8.53 Å². The lowest BCUT2D eigenvalue weighted by Gasteiger charge is -2.11. The molecule has 45 heavy (non-hydrogen) atoms. The van der Waals surface area contributed by atoms with Gasteiger partial charge in [0.1, 0.15) is 11.2 Å². The minimum Gasteiger partial charge on any atom is -0.456 e. The molecule has 2 aromatic heterocycles. The van der Waals surface area contributed by atoms with Crippen molar-refractivity contribution in [2.45, 2.75) is 0 Å². The van der Waals surface area contributed by atoms with Gasteiger partial charge in [-0.15, -0.1) is 0 Å². The second-order valence-electron chi connectivity index (χ2n) is 11.0. The van der Waals surface area contributed by atoms with Crippen LogP contribution in [0, 0.1) is 0 Å². The summed E-state index contributed by atoms with van der Waals surface area (Å²) in [4.78, 5) is 15.0. The molecule has 0 aliphatic heterocycles. The first-order valence-electron chi connectivity index (χ1n) is 16.3. The van der Waals surface area contributed by atoms with Crippen LogP contribution in [0.2, 0.25) is 0 Å². The monoisotopic (exact) mass is 578 g/mol. The van der Waals surface area contributed by atoms with Crippen LogP contribution >= 0.6 is 0 Å². The Balaban J connectivity index is 1.28. The molecule has 0 N–H and O–H groups in total. The molecule has 7 aromatic carbocycles. The van der Waals surface area contributed by atoms with Gasteiger partial charge in [-0.25, -0.2) is 15.0 Å². The van der Waals surface area contributed by atoms with Crippen molar-refractivity contribution >= 4 is 43.5 Å². The minimum atomic E-state index is 0.117. The molecular weight excluding hydrogens is 550 g/mol. The van der Waals surface area contributed by atoms with Crippen LogP contribution in [0.25, 0.3) is 88.8 Å². The Kier molecular flexibility index (Phi) is 5.11. The van der Waals surface area contributed by atoms with Gasteiger partial charge in [0.15, 0.2) is 17.5 Å². The van der Waals surface area contributed by atoms with Crippen molar-refractivity contribution in [1.29, 1.82) is 0 Å². The van der Waals surface area contributed by atoms with Crippen LogP contribution < -0.4 is 0 Å². The molecule has 210 valence electrons. The van der Waals surface area contributed by atoms with Crippen LogP contribution in [-0.4, -0.2) is 15.0 Å². The zero-order valence-electron chi connectivity index (χ0n) is 27.0. The van der Waals surface area contributed by atoms with E-state index >= 15 is 0 Å². The van der Waals surface area contributed by atoms with E-state index in [1.54, 1.807) is 18.2 Å². The van der Waals surface area contributed by atoms with Crippen LogP contribution in [0.15, 0.2) is 156 Å². The third-order valence-electron chi connectivity index (χ3n) is 8.27. The van der Waals surface area contributed by atoms with E-state index in [0.29, 0.717) is 45.0 Å². The summed E-state index contributed by atoms with van der Waals surface area (Å²) in [6.07, 6.45) is 0. The third-order valence-corrected chi connectivity index (χ3v) is 8.27. The van der Waals surface area contributed by atoms with Crippen LogP contribution in [0.1, 0.15) is 4.11 Å². The Bertz CT molecular complexity index is 2720. The molecule has 0 spiro atoms. The molecule has 0 saturated carbocycles. The number of fused-ring (bicyclic) bond motifs is 5. The van der Waals surface area contributed by atoms with E-state index in [-0.39, 0.29) is 18.1 Å². The normalized spacial score (nSPS) is 12.5. The molecule has 2 heterocycles. The lowest BCUT2D eigenvalue weighted by atomic mass is 10.00. The van der Waals surface area contributed by atoms with E-state index in [9.17, 15) is 0 Å². The average Bonchev–Trinajstić information content (AvgIpc) is 3.50. The van der Waals surface area contributed by atoms with Crippen molar-refractivity contribution in [1.82, 2.24) is 15.0 Å². The maximum absolute atomic E-state index is 9.03. The smallest absolute Gasteiger partial charge is 0.164 e. The maximum atomic E-state index is 9.03. The summed E-state index contributed by atoms with van der Waals surface area (Å²) >= 11 is 0. The number of hydrogen-bond acceptors (Lipinski definition) is 4. The summed E-state index contributed by atoms with van der Waals surface area (Å²) in [7, 11) is 0. The van der Waals surface area contributed by atoms with Crippen molar-refractivity contribution in [3.63, 3.8) is 0 Å². The SMILES string of the molecule is [2H]c1cc([2H])c2oc3ccc([2H])c(-c4nc(-c5ccc6ccccc6c5)nc(-c5ccc6cc(-c7ccccc7)ccc6c5)n4)c3c2c1. The summed E-state index contributed by atoms with van der Waals surface area (Å²) in [5.41, 5.74) is 5.28. The van der Waals surface area contributed by atoms with Crippen molar-refractivity contribution in [2.75, 3.05) is 0 Å².